The molecule has 1 aliphatic heterocycles. The van der Waals surface area contributed by atoms with Crippen LogP contribution in [-0.2, 0) is 4.74 Å². The van der Waals surface area contributed by atoms with Gasteiger partial charge in [0.2, 0.25) is 0 Å². The number of ether oxygens (including phenoxy) is 1. The van der Waals surface area contributed by atoms with E-state index in [1.165, 1.54) is 31.4 Å². The average molecular weight is 140 g/mol. The standard InChI is InChI=1S/C9H16O/c1-2-3-6-9-7-4-5-8-10-9/h7H,2-6,8H2,1H3. The third-order valence-corrected chi connectivity index (χ3v) is 1.78. The second kappa shape index (κ2) is 4.37. The highest BCUT2D eigenvalue weighted by Crippen LogP contribution is 2.15. The highest BCUT2D eigenvalue weighted by molar-refractivity contribution is 4.95. The van der Waals surface area contributed by atoms with Gasteiger partial charge < -0.3 is 4.74 Å². The van der Waals surface area contributed by atoms with Crippen molar-refractivity contribution < 1.29 is 4.74 Å². The SMILES string of the molecule is CCCCC1=CCCCO1. The lowest BCUT2D eigenvalue weighted by Gasteiger charge is -2.13. The molecular formula is C9H16O. The third kappa shape index (κ3) is 2.42. The number of hydrogen-bond acceptors (Lipinski definition) is 1. The molecule has 1 nitrogen and oxygen atoms in total. The predicted octanol–water partition coefficient (Wildman–Crippen LogP) is 2.87. The summed E-state index contributed by atoms with van der Waals surface area (Å²) < 4.78 is 5.44. The van der Waals surface area contributed by atoms with Crippen molar-refractivity contribution in [1.82, 2.24) is 0 Å². The Hall–Kier alpha value is -0.460. The van der Waals surface area contributed by atoms with Gasteiger partial charge in [0, 0.05) is 6.42 Å². The van der Waals surface area contributed by atoms with Crippen LogP contribution in [0.3, 0.4) is 0 Å². The molecule has 1 heterocycles. The van der Waals surface area contributed by atoms with E-state index in [1.54, 1.807) is 0 Å². The second-order valence-corrected chi connectivity index (χ2v) is 2.76. The Labute approximate surface area is 63.1 Å². The number of unbranched alkanes of at least 4 members (excludes halogenated alkanes) is 1. The summed E-state index contributed by atoms with van der Waals surface area (Å²) >= 11 is 0. The van der Waals surface area contributed by atoms with E-state index < -0.39 is 0 Å². The summed E-state index contributed by atoms with van der Waals surface area (Å²) in [6.07, 6.45) is 8.34. The smallest absolute Gasteiger partial charge is 0.0919 e. The maximum Gasteiger partial charge on any atom is 0.0919 e. The summed E-state index contributed by atoms with van der Waals surface area (Å²) in [5.74, 6) is 1.23. The number of hydrogen-bond donors (Lipinski definition) is 0. The Morgan fingerprint density at radius 1 is 1.60 bits per heavy atom. The summed E-state index contributed by atoms with van der Waals surface area (Å²) in [6.45, 7) is 3.15. The van der Waals surface area contributed by atoms with Crippen molar-refractivity contribution in [2.75, 3.05) is 6.61 Å². The number of allylic oxidation sites excluding steroid dienone is 2. The molecule has 0 atom stereocenters. The van der Waals surface area contributed by atoms with Gasteiger partial charge in [-0.05, 0) is 25.3 Å². The summed E-state index contributed by atoms with van der Waals surface area (Å²) in [7, 11) is 0. The van der Waals surface area contributed by atoms with Gasteiger partial charge in [0.15, 0.2) is 0 Å². The lowest BCUT2D eigenvalue weighted by Crippen LogP contribution is -2.00. The molecule has 0 saturated carbocycles. The van der Waals surface area contributed by atoms with E-state index in [-0.39, 0.29) is 0 Å². The molecule has 0 bridgehead atoms. The minimum Gasteiger partial charge on any atom is -0.498 e. The van der Waals surface area contributed by atoms with Crippen molar-refractivity contribution in [3.05, 3.63) is 11.8 Å². The zero-order valence-corrected chi connectivity index (χ0v) is 6.73. The van der Waals surface area contributed by atoms with Gasteiger partial charge in [0.05, 0.1) is 12.4 Å². The first-order chi connectivity index (χ1) is 4.93. The molecule has 0 spiro atoms. The Morgan fingerprint density at radius 3 is 3.10 bits per heavy atom. The van der Waals surface area contributed by atoms with Crippen LogP contribution in [0.15, 0.2) is 11.8 Å². The van der Waals surface area contributed by atoms with Gasteiger partial charge in [-0.25, -0.2) is 0 Å². The lowest BCUT2D eigenvalue weighted by atomic mass is 10.1. The molecule has 0 N–H and O–H groups in total. The fourth-order valence-electron chi connectivity index (χ4n) is 1.13. The quantitative estimate of drug-likeness (QED) is 0.585. The molecule has 0 radical (unpaired) electrons. The van der Waals surface area contributed by atoms with Crippen molar-refractivity contribution >= 4 is 0 Å². The first-order valence-corrected chi connectivity index (χ1v) is 4.25. The zero-order valence-electron chi connectivity index (χ0n) is 6.73. The Morgan fingerprint density at radius 2 is 2.50 bits per heavy atom. The van der Waals surface area contributed by atoms with Crippen LogP contribution in [0.1, 0.15) is 39.0 Å². The highest BCUT2D eigenvalue weighted by atomic mass is 16.5. The molecule has 0 amide bonds. The van der Waals surface area contributed by atoms with Crippen LogP contribution in [-0.4, -0.2) is 6.61 Å². The van der Waals surface area contributed by atoms with Crippen molar-refractivity contribution in [2.24, 2.45) is 0 Å². The van der Waals surface area contributed by atoms with Gasteiger partial charge in [-0.2, -0.15) is 0 Å². The molecule has 0 saturated heterocycles. The van der Waals surface area contributed by atoms with Crippen LogP contribution in [0.4, 0.5) is 0 Å². The van der Waals surface area contributed by atoms with Crippen molar-refractivity contribution in [3.8, 4) is 0 Å². The Kier molecular flexibility index (Phi) is 3.34. The second-order valence-electron chi connectivity index (χ2n) is 2.76. The summed E-state index contributed by atoms with van der Waals surface area (Å²) in [5.41, 5.74) is 0. The van der Waals surface area contributed by atoms with Gasteiger partial charge in [-0.1, -0.05) is 13.3 Å². The molecule has 0 fully saturated rings. The predicted molar refractivity (Wildman–Crippen MR) is 42.8 cm³/mol. The largest absolute Gasteiger partial charge is 0.498 e. The fourth-order valence-corrected chi connectivity index (χ4v) is 1.13. The third-order valence-electron chi connectivity index (χ3n) is 1.78. The van der Waals surface area contributed by atoms with Crippen molar-refractivity contribution in [3.63, 3.8) is 0 Å². The summed E-state index contributed by atoms with van der Waals surface area (Å²) in [4.78, 5) is 0. The van der Waals surface area contributed by atoms with E-state index in [0.717, 1.165) is 13.0 Å². The van der Waals surface area contributed by atoms with Crippen LogP contribution in [0.2, 0.25) is 0 Å². The van der Waals surface area contributed by atoms with E-state index >= 15 is 0 Å². The van der Waals surface area contributed by atoms with Crippen LogP contribution in [0.25, 0.3) is 0 Å². The van der Waals surface area contributed by atoms with Crippen molar-refractivity contribution in [1.29, 1.82) is 0 Å². The van der Waals surface area contributed by atoms with Crippen LogP contribution in [0.5, 0.6) is 0 Å². The minimum atomic E-state index is 0.940. The summed E-state index contributed by atoms with van der Waals surface area (Å²) in [5, 5.41) is 0. The monoisotopic (exact) mass is 140 g/mol. The molecule has 0 aromatic carbocycles. The van der Waals surface area contributed by atoms with Crippen LogP contribution < -0.4 is 0 Å². The normalized spacial score (nSPS) is 17.9. The first-order valence-electron chi connectivity index (χ1n) is 4.25. The van der Waals surface area contributed by atoms with Gasteiger partial charge in [-0.3, -0.25) is 0 Å². The van der Waals surface area contributed by atoms with E-state index in [1.807, 2.05) is 0 Å². The molecule has 0 unspecified atom stereocenters. The van der Waals surface area contributed by atoms with Gasteiger partial charge in [-0.15, -0.1) is 0 Å². The molecule has 0 aliphatic carbocycles. The maximum absolute atomic E-state index is 5.44. The zero-order chi connectivity index (χ0) is 7.23. The van der Waals surface area contributed by atoms with Crippen LogP contribution in [0, 0.1) is 0 Å². The Balaban J connectivity index is 2.18. The lowest BCUT2D eigenvalue weighted by molar-refractivity contribution is 0.182. The molecular weight excluding hydrogens is 124 g/mol. The van der Waals surface area contributed by atoms with Crippen molar-refractivity contribution in [2.45, 2.75) is 39.0 Å². The average Bonchev–Trinajstić information content (AvgIpc) is 2.03. The molecule has 10 heavy (non-hydrogen) atoms. The maximum atomic E-state index is 5.44. The molecule has 0 aromatic rings. The topological polar surface area (TPSA) is 9.23 Å². The molecule has 1 rings (SSSR count). The molecule has 1 heteroatoms. The van der Waals surface area contributed by atoms with Gasteiger partial charge in [0.1, 0.15) is 0 Å². The van der Waals surface area contributed by atoms with Gasteiger partial charge in [0.25, 0.3) is 0 Å². The van der Waals surface area contributed by atoms with Crippen LogP contribution >= 0.6 is 0 Å². The Bertz CT molecular complexity index is 116. The van der Waals surface area contributed by atoms with E-state index in [0.29, 0.717) is 0 Å². The van der Waals surface area contributed by atoms with E-state index in [4.69, 9.17) is 4.74 Å². The molecule has 0 aromatic heterocycles. The highest BCUT2D eigenvalue weighted by Gasteiger charge is 2.01. The summed E-state index contributed by atoms with van der Waals surface area (Å²) in [6, 6.07) is 0. The van der Waals surface area contributed by atoms with E-state index in [9.17, 15) is 0 Å². The molecule has 58 valence electrons. The fraction of sp³-hybridized carbons (Fsp3) is 0.778. The van der Waals surface area contributed by atoms with Gasteiger partial charge >= 0.3 is 0 Å². The molecule has 1 aliphatic rings. The van der Waals surface area contributed by atoms with E-state index in [2.05, 4.69) is 13.0 Å². The first kappa shape index (κ1) is 7.64. The minimum absolute atomic E-state index is 0.940. The number of rotatable bonds is 3.